The minimum absolute atomic E-state index is 0.142. The zero-order valence-corrected chi connectivity index (χ0v) is 23.2. The van der Waals surface area contributed by atoms with E-state index in [1.807, 2.05) is 0 Å². The van der Waals surface area contributed by atoms with Crippen LogP contribution in [-0.2, 0) is 25.5 Å². The molecule has 2 aromatic carbocycles. The molecule has 0 amide bonds. The predicted molar refractivity (Wildman–Crippen MR) is 138 cm³/mol. The molecule has 10 nitrogen and oxygen atoms in total. The maximum absolute atomic E-state index is 13.6. The van der Waals surface area contributed by atoms with Gasteiger partial charge < -0.3 is 37.9 Å². The van der Waals surface area contributed by atoms with E-state index in [0.717, 1.165) is 5.56 Å². The largest absolute Gasteiger partial charge is 0.493 e. The Morgan fingerprint density at radius 2 is 1.18 bits per heavy atom. The van der Waals surface area contributed by atoms with Crippen molar-refractivity contribution in [1.29, 1.82) is 0 Å². The highest BCUT2D eigenvalue weighted by Gasteiger charge is 2.49. The van der Waals surface area contributed by atoms with Crippen molar-refractivity contribution in [3.63, 3.8) is 0 Å². The number of ether oxygens (including phenoxy) is 8. The summed E-state index contributed by atoms with van der Waals surface area (Å²) in [5.41, 5.74) is 2.04. The van der Waals surface area contributed by atoms with Gasteiger partial charge in [-0.2, -0.15) is 0 Å². The number of rotatable bonds is 11. The minimum atomic E-state index is -0.948. The lowest BCUT2D eigenvalue weighted by Crippen LogP contribution is -2.42. The summed E-state index contributed by atoms with van der Waals surface area (Å²) in [5, 5.41) is 0. The summed E-state index contributed by atoms with van der Waals surface area (Å²) in [4.78, 5) is 26.9. The van der Waals surface area contributed by atoms with E-state index in [1.165, 1.54) is 42.7 Å². The van der Waals surface area contributed by atoms with E-state index >= 15 is 0 Å². The van der Waals surface area contributed by atoms with Crippen LogP contribution >= 0.6 is 0 Å². The van der Waals surface area contributed by atoms with Gasteiger partial charge in [-0.15, -0.1) is 0 Å². The smallest absolute Gasteiger partial charge is 0.310 e. The first-order valence-corrected chi connectivity index (χ1v) is 12.3. The molecule has 2 aromatic rings. The van der Waals surface area contributed by atoms with Gasteiger partial charge in [0.2, 0.25) is 11.5 Å². The van der Waals surface area contributed by atoms with E-state index in [-0.39, 0.29) is 19.6 Å². The Bertz CT molecular complexity index is 1130. The monoisotopic (exact) mass is 532 g/mol. The number of fused-ring (bicyclic) bond motifs is 1. The van der Waals surface area contributed by atoms with Gasteiger partial charge >= 0.3 is 11.9 Å². The van der Waals surface area contributed by atoms with E-state index in [9.17, 15) is 9.59 Å². The summed E-state index contributed by atoms with van der Waals surface area (Å²) in [6.45, 7) is 3.75. The van der Waals surface area contributed by atoms with E-state index < -0.39 is 29.7 Å². The van der Waals surface area contributed by atoms with Crippen LogP contribution in [-0.4, -0.2) is 67.8 Å². The van der Waals surface area contributed by atoms with Crippen LogP contribution in [0.2, 0.25) is 0 Å². The van der Waals surface area contributed by atoms with Crippen molar-refractivity contribution in [2.75, 3.05) is 55.9 Å². The zero-order valence-electron chi connectivity index (χ0n) is 23.2. The Morgan fingerprint density at radius 3 is 1.66 bits per heavy atom. The Morgan fingerprint density at radius 1 is 0.684 bits per heavy atom. The molecule has 0 fully saturated rings. The minimum Gasteiger partial charge on any atom is -0.493 e. The first-order valence-electron chi connectivity index (χ1n) is 12.3. The van der Waals surface area contributed by atoms with Crippen LogP contribution in [0.15, 0.2) is 18.2 Å². The van der Waals surface area contributed by atoms with Crippen molar-refractivity contribution in [1.82, 2.24) is 0 Å². The molecule has 1 aliphatic rings. The molecule has 3 rings (SSSR count). The molecular formula is C28H36O10. The van der Waals surface area contributed by atoms with Crippen LogP contribution in [0.25, 0.3) is 0 Å². The second-order valence-electron chi connectivity index (χ2n) is 8.49. The Kier molecular flexibility index (Phi) is 9.55. The van der Waals surface area contributed by atoms with Crippen molar-refractivity contribution in [2.45, 2.75) is 26.2 Å². The second-order valence-corrected chi connectivity index (χ2v) is 8.49. The number of methoxy groups -OCH3 is 6. The van der Waals surface area contributed by atoms with Crippen LogP contribution in [0, 0.1) is 11.8 Å². The molecule has 208 valence electrons. The average molecular weight is 533 g/mol. The first kappa shape index (κ1) is 28.7. The summed E-state index contributed by atoms with van der Waals surface area (Å²) in [6.07, 6.45) is 0.204. The fraction of sp³-hybridized carbons (Fsp3) is 0.500. The normalized spacial score (nSPS) is 18.1. The lowest BCUT2D eigenvalue weighted by atomic mass is 9.66. The Balaban J connectivity index is 2.46. The molecule has 3 atom stereocenters. The number of hydrogen-bond donors (Lipinski definition) is 0. The molecule has 0 spiro atoms. The number of carbonyl (C=O) groups excluding carboxylic acids is 2. The molecule has 0 saturated heterocycles. The van der Waals surface area contributed by atoms with E-state index in [1.54, 1.807) is 32.0 Å². The Hall–Kier alpha value is -3.82. The molecule has 10 heteroatoms. The Labute approximate surface area is 223 Å². The van der Waals surface area contributed by atoms with Gasteiger partial charge in [0.15, 0.2) is 23.0 Å². The highest BCUT2D eigenvalue weighted by Crippen LogP contribution is 2.55. The lowest BCUT2D eigenvalue weighted by molar-refractivity contribution is -0.161. The number of esters is 2. The highest BCUT2D eigenvalue weighted by atomic mass is 16.5. The summed E-state index contributed by atoms with van der Waals surface area (Å²) in [5.74, 6) is -1.18. The van der Waals surface area contributed by atoms with Crippen LogP contribution in [0.3, 0.4) is 0 Å². The van der Waals surface area contributed by atoms with Crippen LogP contribution in [0.1, 0.15) is 36.5 Å². The predicted octanol–water partition coefficient (Wildman–Crippen LogP) is 3.78. The third-order valence-corrected chi connectivity index (χ3v) is 6.69. The molecule has 0 radical (unpaired) electrons. The van der Waals surface area contributed by atoms with Crippen molar-refractivity contribution >= 4 is 11.9 Å². The molecule has 0 unspecified atom stereocenters. The maximum atomic E-state index is 13.6. The fourth-order valence-corrected chi connectivity index (χ4v) is 5.19. The van der Waals surface area contributed by atoms with Gasteiger partial charge in [-0.3, -0.25) is 9.59 Å². The quantitative estimate of drug-likeness (QED) is 0.397. The molecule has 0 bridgehead atoms. The number of benzene rings is 2. The van der Waals surface area contributed by atoms with E-state index in [0.29, 0.717) is 45.6 Å². The van der Waals surface area contributed by atoms with Crippen LogP contribution < -0.4 is 28.4 Å². The van der Waals surface area contributed by atoms with Crippen LogP contribution in [0.4, 0.5) is 0 Å². The van der Waals surface area contributed by atoms with Crippen molar-refractivity contribution in [3.05, 3.63) is 34.9 Å². The maximum Gasteiger partial charge on any atom is 0.310 e. The van der Waals surface area contributed by atoms with Gasteiger partial charge in [0, 0.05) is 11.5 Å². The summed E-state index contributed by atoms with van der Waals surface area (Å²) >= 11 is 0. The first-order chi connectivity index (χ1) is 18.3. The fourth-order valence-electron chi connectivity index (χ4n) is 5.19. The van der Waals surface area contributed by atoms with Gasteiger partial charge in [-0.25, -0.2) is 0 Å². The van der Waals surface area contributed by atoms with Gasteiger partial charge in [0.25, 0.3) is 0 Å². The van der Waals surface area contributed by atoms with Gasteiger partial charge in [0.1, 0.15) is 0 Å². The van der Waals surface area contributed by atoms with Gasteiger partial charge in [-0.05, 0) is 49.6 Å². The van der Waals surface area contributed by atoms with Crippen molar-refractivity contribution in [3.8, 4) is 34.5 Å². The molecule has 38 heavy (non-hydrogen) atoms. The van der Waals surface area contributed by atoms with Gasteiger partial charge in [-0.1, -0.05) is 0 Å². The molecular weight excluding hydrogens is 496 g/mol. The third-order valence-electron chi connectivity index (χ3n) is 6.69. The van der Waals surface area contributed by atoms with Crippen molar-refractivity contribution in [2.24, 2.45) is 11.8 Å². The number of hydrogen-bond acceptors (Lipinski definition) is 10. The topological polar surface area (TPSA) is 108 Å². The molecule has 0 aromatic heterocycles. The molecule has 0 N–H and O–H groups in total. The molecule has 0 aliphatic heterocycles. The molecule has 0 heterocycles. The van der Waals surface area contributed by atoms with Crippen molar-refractivity contribution < 1.29 is 47.5 Å². The molecule has 1 aliphatic carbocycles. The summed E-state index contributed by atoms with van der Waals surface area (Å²) < 4.78 is 44.7. The standard InChI is InChI=1S/C28H36O10/c1-9-37-27(29)17-11-15-12-20(33-5)25(35-7)26(36-8)22(15)21(23(17)28(30)38-10-2)16-13-18(31-3)24(34-6)19(14-16)32-4/h12-14,17,21,23H,9-11H2,1-8H3/t17-,21+,23+/m1/s1. The van der Waals surface area contributed by atoms with Gasteiger partial charge in [0.05, 0.1) is 67.7 Å². The number of carbonyl (C=O) groups is 2. The van der Waals surface area contributed by atoms with E-state index in [2.05, 4.69) is 0 Å². The SMILES string of the molecule is CCOC(=O)[C@@H]1[C@@H](c2cc(OC)c(OC)c(OC)c2)c2c(cc(OC)c(OC)c2OC)C[C@H]1C(=O)OCC. The van der Waals surface area contributed by atoms with Crippen LogP contribution in [0.5, 0.6) is 34.5 Å². The lowest BCUT2D eigenvalue weighted by Gasteiger charge is -2.38. The zero-order chi connectivity index (χ0) is 28.0. The summed E-state index contributed by atoms with van der Waals surface area (Å²) in [7, 11) is 9.07. The third kappa shape index (κ3) is 5.12. The molecule has 0 saturated carbocycles. The second kappa shape index (κ2) is 12.6. The average Bonchev–Trinajstić information content (AvgIpc) is 2.94. The summed E-state index contributed by atoms with van der Waals surface area (Å²) in [6, 6.07) is 5.31. The highest BCUT2D eigenvalue weighted by molar-refractivity contribution is 5.86. The van der Waals surface area contributed by atoms with E-state index in [4.69, 9.17) is 37.9 Å².